The molecule has 2 aromatic heterocycles. The van der Waals surface area contributed by atoms with Crippen LogP contribution in [-0.2, 0) is 0 Å². The van der Waals surface area contributed by atoms with Crippen molar-refractivity contribution < 1.29 is 9.47 Å². The third-order valence-electron chi connectivity index (χ3n) is 3.60. The van der Waals surface area contributed by atoms with E-state index in [2.05, 4.69) is 20.4 Å². The van der Waals surface area contributed by atoms with Gasteiger partial charge in [0.05, 0.1) is 47.7 Å². The van der Waals surface area contributed by atoms with Crippen LogP contribution in [-0.4, -0.2) is 34.6 Å². The lowest BCUT2D eigenvalue weighted by atomic mass is 10.2. The van der Waals surface area contributed by atoms with Gasteiger partial charge in [-0.3, -0.25) is 0 Å². The zero-order valence-electron chi connectivity index (χ0n) is 14.0. The molecule has 6 nitrogen and oxygen atoms in total. The highest BCUT2D eigenvalue weighted by Crippen LogP contribution is 2.24. The second kappa shape index (κ2) is 8.12. The first-order chi connectivity index (χ1) is 12.6. The largest absolute Gasteiger partial charge is 0.497 e. The molecule has 0 atom stereocenters. The van der Waals surface area contributed by atoms with Gasteiger partial charge in [0.25, 0.3) is 0 Å². The van der Waals surface area contributed by atoms with Crippen molar-refractivity contribution in [2.75, 3.05) is 14.2 Å². The van der Waals surface area contributed by atoms with E-state index in [-0.39, 0.29) is 0 Å². The molecule has 26 heavy (non-hydrogen) atoms. The molecule has 0 N–H and O–H groups in total. The van der Waals surface area contributed by atoms with Crippen LogP contribution in [0.3, 0.4) is 0 Å². The van der Waals surface area contributed by atoms with Crippen LogP contribution in [0.5, 0.6) is 11.5 Å². The van der Waals surface area contributed by atoms with Crippen molar-refractivity contribution in [2.45, 2.75) is 0 Å². The van der Waals surface area contributed by atoms with Gasteiger partial charge in [0, 0.05) is 22.9 Å². The van der Waals surface area contributed by atoms with E-state index in [1.165, 1.54) is 12.4 Å². The van der Waals surface area contributed by atoms with Gasteiger partial charge in [-0.15, -0.1) is 0 Å². The van der Waals surface area contributed by atoms with Gasteiger partial charge in [0.1, 0.15) is 11.5 Å². The summed E-state index contributed by atoms with van der Waals surface area (Å²) in [4.78, 5) is 0. The maximum absolute atomic E-state index is 5.91. The zero-order chi connectivity index (χ0) is 18.5. The van der Waals surface area contributed by atoms with Gasteiger partial charge < -0.3 is 9.47 Å². The second-order valence-corrected chi connectivity index (χ2v) is 5.97. The molecule has 0 bridgehead atoms. The molecule has 2 heterocycles. The number of fused-ring (bicyclic) bond motifs is 2. The molecule has 0 saturated carbocycles. The number of halogens is 2. The van der Waals surface area contributed by atoms with E-state index in [0.717, 1.165) is 33.3 Å². The molecular formula is C18H14Cl2N4O2. The number of benzene rings is 2. The Labute approximate surface area is 159 Å². The SMILES string of the molecule is COc1ccc2c(Cl)cnnc2c1.COc1ccc2c(Cl)cnnc2c1. The molecule has 0 amide bonds. The fraction of sp³-hybridized carbons (Fsp3) is 0.111. The maximum atomic E-state index is 5.91. The van der Waals surface area contributed by atoms with E-state index >= 15 is 0 Å². The normalized spacial score (nSPS) is 10.3. The van der Waals surface area contributed by atoms with Crippen molar-refractivity contribution in [3.63, 3.8) is 0 Å². The molecule has 2 aromatic carbocycles. The first-order valence-electron chi connectivity index (χ1n) is 7.52. The number of aromatic nitrogens is 4. The molecule has 4 rings (SSSR count). The lowest BCUT2D eigenvalue weighted by molar-refractivity contribution is 0.415. The summed E-state index contributed by atoms with van der Waals surface area (Å²) in [7, 11) is 3.22. The monoisotopic (exact) mass is 388 g/mol. The minimum Gasteiger partial charge on any atom is -0.497 e. The summed E-state index contributed by atoms with van der Waals surface area (Å²) in [6, 6.07) is 11.0. The number of rotatable bonds is 2. The van der Waals surface area contributed by atoms with Gasteiger partial charge in [-0.2, -0.15) is 20.4 Å². The summed E-state index contributed by atoms with van der Waals surface area (Å²) in [6.07, 6.45) is 3.05. The molecule has 0 unspecified atom stereocenters. The minimum atomic E-state index is 0.604. The topological polar surface area (TPSA) is 70.0 Å². The summed E-state index contributed by atoms with van der Waals surface area (Å²) < 4.78 is 10.1. The van der Waals surface area contributed by atoms with Gasteiger partial charge in [-0.25, -0.2) is 0 Å². The van der Waals surface area contributed by atoms with E-state index in [4.69, 9.17) is 32.7 Å². The average Bonchev–Trinajstić information content (AvgIpc) is 2.68. The smallest absolute Gasteiger partial charge is 0.121 e. The first-order valence-corrected chi connectivity index (χ1v) is 8.28. The van der Waals surface area contributed by atoms with Crippen LogP contribution < -0.4 is 9.47 Å². The van der Waals surface area contributed by atoms with Gasteiger partial charge in [-0.1, -0.05) is 23.2 Å². The van der Waals surface area contributed by atoms with E-state index < -0.39 is 0 Å². The highest BCUT2D eigenvalue weighted by Gasteiger charge is 2.02. The van der Waals surface area contributed by atoms with Crippen LogP contribution in [0.4, 0.5) is 0 Å². The van der Waals surface area contributed by atoms with Crippen molar-refractivity contribution in [1.29, 1.82) is 0 Å². The van der Waals surface area contributed by atoms with Crippen molar-refractivity contribution in [3.05, 3.63) is 58.8 Å². The summed E-state index contributed by atoms with van der Waals surface area (Å²) in [5, 5.41) is 18.4. The first kappa shape index (κ1) is 18.1. The molecule has 132 valence electrons. The second-order valence-electron chi connectivity index (χ2n) is 5.15. The van der Waals surface area contributed by atoms with Gasteiger partial charge >= 0.3 is 0 Å². The van der Waals surface area contributed by atoms with E-state index in [0.29, 0.717) is 10.0 Å². The summed E-state index contributed by atoms with van der Waals surface area (Å²) in [5.41, 5.74) is 1.48. The number of ether oxygens (including phenoxy) is 2. The fourth-order valence-corrected chi connectivity index (χ4v) is 2.68. The van der Waals surface area contributed by atoms with E-state index in [1.54, 1.807) is 26.4 Å². The number of nitrogens with zero attached hydrogens (tertiary/aromatic N) is 4. The fourth-order valence-electron chi connectivity index (χ4n) is 2.27. The lowest BCUT2D eigenvalue weighted by Gasteiger charge is -2.01. The Bertz CT molecular complexity index is 974. The zero-order valence-corrected chi connectivity index (χ0v) is 15.5. The molecule has 0 spiro atoms. The molecule has 0 fully saturated rings. The van der Waals surface area contributed by atoms with Gasteiger partial charge in [0.2, 0.25) is 0 Å². The highest BCUT2D eigenvalue weighted by atomic mass is 35.5. The molecule has 0 saturated heterocycles. The molecular weight excluding hydrogens is 375 g/mol. The maximum Gasteiger partial charge on any atom is 0.121 e. The van der Waals surface area contributed by atoms with Gasteiger partial charge in [-0.05, 0) is 24.3 Å². The molecule has 0 aliphatic rings. The van der Waals surface area contributed by atoms with Crippen LogP contribution in [0.2, 0.25) is 10.0 Å². The Hall–Kier alpha value is -2.70. The molecule has 0 radical (unpaired) electrons. The molecule has 4 aromatic rings. The Morgan fingerprint density at radius 2 is 1.12 bits per heavy atom. The van der Waals surface area contributed by atoms with E-state index in [1.807, 2.05) is 24.3 Å². The number of hydrogen-bond acceptors (Lipinski definition) is 6. The van der Waals surface area contributed by atoms with Crippen LogP contribution in [0, 0.1) is 0 Å². The van der Waals surface area contributed by atoms with Crippen LogP contribution >= 0.6 is 23.2 Å². The van der Waals surface area contributed by atoms with Crippen LogP contribution in [0.15, 0.2) is 48.8 Å². The van der Waals surface area contributed by atoms with Crippen LogP contribution in [0.1, 0.15) is 0 Å². The minimum absolute atomic E-state index is 0.604. The van der Waals surface area contributed by atoms with Crippen molar-refractivity contribution in [1.82, 2.24) is 20.4 Å². The Morgan fingerprint density at radius 3 is 1.50 bits per heavy atom. The van der Waals surface area contributed by atoms with E-state index in [9.17, 15) is 0 Å². The predicted molar refractivity (Wildman–Crippen MR) is 102 cm³/mol. The summed E-state index contributed by atoms with van der Waals surface area (Å²) in [6.45, 7) is 0. The Morgan fingerprint density at radius 1 is 0.692 bits per heavy atom. The van der Waals surface area contributed by atoms with Crippen LogP contribution in [0.25, 0.3) is 21.8 Å². The molecule has 8 heteroatoms. The average molecular weight is 389 g/mol. The third-order valence-corrected chi connectivity index (χ3v) is 4.20. The van der Waals surface area contributed by atoms with Crippen molar-refractivity contribution >= 4 is 45.0 Å². The molecule has 0 aliphatic heterocycles. The van der Waals surface area contributed by atoms with Crippen molar-refractivity contribution in [3.8, 4) is 11.5 Å². The summed E-state index contributed by atoms with van der Waals surface area (Å²) in [5.74, 6) is 1.51. The number of methoxy groups -OCH3 is 2. The summed E-state index contributed by atoms with van der Waals surface area (Å²) >= 11 is 11.8. The predicted octanol–water partition coefficient (Wildman–Crippen LogP) is 4.58. The third kappa shape index (κ3) is 3.92. The highest BCUT2D eigenvalue weighted by molar-refractivity contribution is 6.35. The lowest BCUT2D eigenvalue weighted by Crippen LogP contribution is -1.86. The number of hydrogen-bond donors (Lipinski definition) is 0. The Kier molecular flexibility index (Phi) is 5.65. The van der Waals surface area contributed by atoms with Gasteiger partial charge in [0.15, 0.2) is 0 Å². The Balaban J connectivity index is 0.000000151. The molecule has 0 aliphatic carbocycles. The standard InChI is InChI=1S/2C9H7ClN2O/c2*1-13-6-2-3-7-8(10)5-11-12-9(7)4-6/h2*2-5H,1H3. The van der Waals surface area contributed by atoms with Crippen molar-refractivity contribution in [2.24, 2.45) is 0 Å². The quantitative estimate of drug-likeness (QED) is 0.500.